The maximum atomic E-state index is 12.3. The molecule has 2 rings (SSSR count). The van der Waals surface area contributed by atoms with Gasteiger partial charge in [-0.1, -0.05) is 35.9 Å². The monoisotopic (exact) mass is 298 g/mol. The summed E-state index contributed by atoms with van der Waals surface area (Å²) in [5.74, 6) is -0.649. The van der Waals surface area contributed by atoms with Gasteiger partial charge in [0.25, 0.3) is 5.91 Å². The molecule has 0 fully saturated rings. The zero-order chi connectivity index (χ0) is 16.1. The SMILES string of the molecule is Cc1cccc(C(C)NC(=O)c2cccc(NC=O)c2O)c1. The van der Waals surface area contributed by atoms with E-state index >= 15 is 0 Å². The van der Waals surface area contributed by atoms with Gasteiger partial charge in [0.05, 0.1) is 17.3 Å². The highest BCUT2D eigenvalue weighted by atomic mass is 16.3. The van der Waals surface area contributed by atoms with Crippen molar-refractivity contribution in [1.29, 1.82) is 0 Å². The van der Waals surface area contributed by atoms with Crippen LogP contribution in [0.2, 0.25) is 0 Å². The molecule has 0 aromatic heterocycles. The summed E-state index contributed by atoms with van der Waals surface area (Å²) < 4.78 is 0. The fourth-order valence-corrected chi connectivity index (χ4v) is 2.20. The maximum Gasteiger partial charge on any atom is 0.255 e. The van der Waals surface area contributed by atoms with E-state index in [-0.39, 0.29) is 23.0 Å². The Balaban J connectivity index is 2.19. The van der Waals surface area contributed by atoms with Crippen molar-refractivity contribution in [2.24, 2.45) is 0 Å². The second-order valence-corrected chi connectivity index (χ2v) is 5.07. The van der Waals surface area contributed by atoms with Crippen LogP contribution in [0.25, 0.3) is 0 Å². The smallest absolute Gasteiger partial charge is 0.255 e. The lowest BCUT2D eigenvalue weighted by atomic mass is 10.0. The Morgan fingerprint density at radius 2 is 1.95 bits per heavy atom. The number of aromatic hydroxyl groups is 1. The van der Waals surface area contributed by atoms with Gasteiger partial charge in [0.2, 0.25) is 6.41 Å². The molecule has 0 saturated carbocycles. The number of carbonyl (C=O) groups excluding carboxylic acids is 2. The van der Waals surface area contributed by atoms with E-state index < -0.39 is 5.91 Å². The molecular formula is C17H18N2O3. The minimum atomic E-state index is -0.402. The van der Waals surface area contributed by atoms with Gasteiger partial charge in [-0.2, -0.15) is 0 Å². The topological polar surface area (TPSA) is 78.4 Å². The summed E-state index contributed by atoms with van der Waals surface area (Å²) >= 11 is 0. The first-order chi connectivity index (χ1) is 10.5. The molecule has 5 nitrogen and oxygen atoms in total. The van der Waals surface area contributed by atoms with Crippen molar-refractivity contribution in [1.82, 2.24) is 5.32 Å². The van der Waals surface area contributed by atoms with Gasteiger partial charge in [0, 0.05) is 0 Å². The average Bonchev–Trinajstić information content (AvgIpc) is 2.49. The molecule has 1 unspecified atom stereocenters. The van der Waals surface area contributed by atoms with Crippen molar-refractivity contribution in [2.75, 3.05) is 5.32 Å². The Labute approximate surface area is 129 Å². The van der Waals surface area contributed by atoms with E-state index in [1.54, 1.807) is 6.07 Å². The molecule has 2 amide bonds. The molecule has 0 aliphatic rings. The number of amides is 2. The van der Waals surface area contributed by atoms with Crippen LogP contribution in [0.3, 0.4) is 0 Å². The summed E-state index contributed by atoms with van der Waals surface area (Å²) in [6.45, 7) is 3.86. The third-order valence-electron chi connectivity index (χ3n) is 3.38. The second kappa shape index (κ2) is 6.76. The molecule has 1 atom stereocenters. The summed E-state index contributed by atoms with van der Waals surface area (Å²) in [5, 5.41) is 15.2. The minimum Gasteiger partial charge on any atom is -0.505 e. The second-order valence-electron chi connectivity index (χ2n) is 5.07. The van der Waals surface area contributed by atoms with Gasteiger partial charge < -0.3 is 15.7 Å². The number of anilines is 1. The predicted octanol–water partition coefficient (Wildman–Crippen LogP) is 2.76. The quantitative estimate of drug-likeness (QED) is 0.586. The summed E-state index contributed by atoms with van der Waals surface area (Å²) in [5.41, 5.74) is 2.41. The zero-order valence-corrected chi connectivity index (χ0v) is 12.5. The van der Waals surface area contributed by atoms with Gasteiger partial charge in [0.15, 0.2) is 5.75 Å². The molecule has 114 valence electrons. The van der Waals surface area contributed by atoms with Gasteiger partial charge in [-0.25, -0.2) is 0 Å². The van der Waals surface area contributed by atoms with Crippen molar-refractivity contribution in [3.63, 3.8) is 0 Å². The van der Waals surface area contributed by atoms with E-state index in [0.29, 0.717) is 6.41 Å². The lowest BCUT2D eigenvalue weighted by Gasteiger charge is -2.16. The summed E-state index contributed by atoms with van der Waals surface area (Å²) in [6, 6.07) is 12.3. The maximum absolute atomic E-state index is 12.3. The van der Waals surface area contributed by atoms with Crippen LogP contribution in [0.1, 0.15) is 34.5 Å². The van der Waals surface area contributed by atoms with Crippen LogP contribution in [0, 0.1) is 6.92 Å². The van der Waals surface area contributed by atoms with Crippen molar-refractivity contribution < 1.29 is 14.7 Å². The normalized spacial score (nSPS) is 11.5. The Hall–Kier alpha value is -2.82. The Morgan fingerprint density at radius 1 is 1.23 bits per heavy atom. The molecule has 0 aliphatic heterocycles. The van der Waals surface area contributed by atoms with Gasteiger partial charge in [-0.15, -0.1) is 0 Å². The molecule has 0 spiro atoms. The molecule has 3 N–H and O–H groups in total. The number of para-hydroxylation sites is 1. The number of carbonyl (C=O) groups is 2. The number of aryl methyl sites for hydroxylation is 1. The highest BCUT2D eigenvalue weighted by Crippen LogP contribution is 2.27. The van der Waals surface area contributed by atoms with Gasteiger partial charge in [-0.05, 0) is 31.5 Å². The third kappa shape index (κ3) is 3.44. The van der Waals surface area contributed by atoms with Crippen LogP contribution in [-0.4, -0.2) is 17.4 Å². The highest BCUT2D eigenvalue weighted by molar-refractivity contribution is 5.99. The van der Waals surface area contributed by atoms with E-state index in [1.165, 1.54) is 12.1 Å². The number of phenols is 1. The Morgan fingerprint density at radius 3 is 2.64 bits per heavy atom. The average molecular weight is 298 g/mol. The molecule has 0 bridgehead atoms. The molecule has 0 radical (unpaired) electrons. The number of nitrogens with one attached hydrogen (secondary N) is 2. The lowest BCUT2D eigenvalue weighted by Crippen LogP contribution is -2.26. The Kier molecular flexibility index (Phi) is 4.78. The van der Waals surface area contributed by atoms with Crippen LogP contribution in [-0.2, 0) is 4.79 Å². The molecular weight excluding hydrogens is 280 g/mol. The third-order valence-corrected chi connectivity index (χ3v) is 3.38. The number of phenolic OH excluding ortho intramolecular Hbond substituents is 1. The van der Waals surface area contributed by atoms with Gasteiger partial charge in [0.1, 0.15) is 0 Å². The first-order valence-electron chi connectivity index (χ1n) is 6.92. The molecule has 0 aliphatic carbocycles. The van der Waals surface area contributed by atoms with Crippen molar-refractivity contribution in [2.45, 2.75) is 19.9 Å². The van der Waals surface area contributed by atoms with Crippen LogP contribution < -0.4 is 10.6 Å². The first-order valence-corrected chi connectivity index (χ1v) is 6.92. The van der Waals surface area contributed by atoms with Crippen LogP contribution in [0.15, 0.2) is 42.5 Å². The number of benzene rings is 2. The Bertz CT molecular complexity index is 698. The lowest BCUT2D eigenvalue weighted by molar-refractivity contribution is -0.105. The number of hydrogen-bond donors (Lipinski definition) is 3. The molecule has 5 heteroatoms. The number of hydrogen-bond acceptors (Lipinski definition) is 3. The van der Waals surface area contributed by atoms with E-state index in [4.69, 9.17) is 0 Å². The molecule has 2 aromatic carbocycles. The van der Waals surface area contributed by atoms with Crippen LogP contribution in [0.4, 0.5) is 5.69 Å². The van der Waals surface area contributed by atoms with Crippen LogP contribution in [0.5, 0.6) is 5.75 Å². The molecule has 2 aromatic rings. The summed E-state index contributed by atoms with van der Waals surface area (Å²) in [7, 11) is 0. The highest BCUT2D eigenvalue weighted by Gasteiger charge is 2.16. The van der Waals surface area contributed by atoms with E-state index in [0.717, 1.165) is 11.1 Å². The van der Waals surface area contributed by atoms with Crippen molar-refractivity contribution >= 4 is 18.0 Å². The fourth-order valence-electron chi connectivity index (χ4n) is 2.20. The van der Waals surface area contributed by atoms with E-state index in [2.05, 4.69) is 10.6 Å². The van der Waals surface area contributed by atoms with Crippen molar-refractivity contribution in [3.05, 3.63) is 59.2 Å². The van der Waals surface area contributed by atoms with Crippen molar-refractivity contribution in [3.8, 4) is 5.75 Å². The van der Waals surface area contributed by atoms with Gasteiger partial charge >= 0.3 is 0 Å². The predicted molar refractivity (Wildman–Crippen MR) is 84.9 cm³/mol. The standard InChI is InChI=1S/C17H18N2O3/c1-11-5-3-6-13(9-11)12(2)19-17(22)14-7-4-8-15(16(14)21)18-10-20/h3-10,12,21H,1-2H3,(H,18,20)(H,19,22). The molecule has 22 heavy (non-hydrogen) atoms. The zero-order valence-electron chi connectivity index (χ0n) is 12.5. The van der Waals surface area contributed by atoms with E-state index in [1.807, 2.05) is 38.1 Å². The van der Waals surface area contributed by atoms with E-state index in [9.17, 15) is 14.7 Å². The summed E-state index contributed by atoms with van der Waals surface area (Å²) in [4.78, 5) is 22.8. The fraction of sp³-hybridized carbons (Fsp3) is 0.176. The molecule has 0 saturated heterocycles. The van der Waals surface area contributed by atoms with Gasteiger partial charge in [-0.3, -0.25) is 9.59 Å². The first kappa shape index (κ1) is 15.6. The molecule has 0 heterocycles. The largest absolute Gasteiger partial charge is 0.505 e. The minimum absolute atomic E-state index is 0.117. The van der Waals surface area contributed by atoms with Crippen LogP contribution >= 0.6 is 0 Å². The number of rotatable bonds is 5. The summed E-state index contributed by atoms with van der Waals surface area (Å²) in [6.07, 6.45) is 0.451.